The van der Waals surface area contributed by atoms with E-state index in [1.165, 1.54) is 0 Å². The topological polar surface area (TPSA) is 53.4 Å². The van der Waals surface area contributed by atoms with Crippen LogP contribution in [0.15, 0.2) is 36.7 Å². The number of aromatic nitrogens is 1. The van der Waals surface area contributed by atoms with E-state index in [2.05, 4.69) is 4.98 Å². The summed E-state index contributed by atoms with van der Waals surface area (Å²) in [6.07, 6.45) is 3.42. The Morgan fingerprint density at radius 1 is 1.07 bits per heavy atom. The van der Waals surface area contributed by atoms with E-state index in [4.69, 9.17) is 10.0 Å². The summed E-state index contributed by atoms with van der Waals surface area (Å²) in [6, 6.07) is 7.06. The van der Waals surface area contributed by atoms with Gasteiger partial charge in [0, 0.05) is 12.4 Å². The molecule has 14 heavy (non-hydrogen) atoms. The van der Waals surface area contributed by atoms with Crippen molar-refractivity contribution in [3.8, 4) is 0 Å². The van der Waals surface area contributed by atoms with Crippen molar-refractivity contribution in [3.63, 3.8) is 0 Å². The molecule has 0 radical (unpaired) electrons. The highest BCUT2D eigenvalue weighted by Gasteiger charge is 2.10. The largest absolute Gasteiger partial charge is 0.488 e. The van der Waals surface area contributed by atoms with E-state index in [0.717, 1.165) is 10.8 Å². The lowest BCUT2D eigenvalue weighted by atomic mass is 9.79. The average Bonchev–Trinajstić information content (AvgIpc) is 2.17. The number of halogens is 1. The number of hydrogen-bond acceptors (Lipinski definition) is 3. The predicted octanol–water partition coefficient (Wildman–Crippen LogP) is 0.336. The van der Waals surface area contributed by atoms with Crippen molar-refractivity contribution in [2.45, 2.75) is 0 Å². The maximum atomic E-state index is 8.92. The van der Waals surface area contributed by atoms with Gasteiger partial charge in [-0.05, 0) is 22.3 Å². The predicted molar refractivity (Wildman–Crippen MR) is 58.8 cm³/mol. The summed E-state index contributed by atoms with van der Waals surface area (Å²) in [7, 11) is -1.41. The molecule has 0 aliphatic heterocycles. The normalized spacial score (nSPS) is 9.57. The Kier molecular flexibility index (Phi) is 3.46. The Balaban J connectivity index is 0.000000980. The number of pyridine rings is 1. The highest BCUT2D eigenvalue weighted by atomic mass is 35.5. The van der Waals surface area contributed by atoms with Crippen LogP contribution in [0.3, 0.4) is 0 Å². The van der Waals surface area contributed by atoms with Crippen molar-refractivity contribution in [3.05, 3.63) is 36.7 Å². The van der Waals surface area contributed by atoms with Crippen molar-refractivity contribution in [2.24, 2.45) is 0 Å². The molecule has 0 atom stereocenters. The summed E-state index contributed by atoms with van der Waals surface area (Å²) in [4.78, 5) is 3.96. The first-order valence-corrected chi connectivity index (χ1v) is 3.97. The summed E-state index contributed by atoms with van der Waals surface area (Å²) in [5.74, 6) is 0. The average molecular weight is 209 g/mol. The molecular formula is C9H9BClNO2. The van der Waals surface area contributed by atoms with Crippen LogP contribution in [0.5, 0.6) is 0 Å². The lowest BCUT2D eigenvalue weighted by Gasteiger charge is -2.00. The molecule has 72 valence electrons. The van der Waals surface area contributed by atoms with E-state index < -0.39 is 7.12 Å². The molecule has 1 aromatic carbocycles. The van der Waals surface area contributed by atoms with Gasteiger partial charge in [0.1, 0.15) is 0 Å². The molecule has 2 N–H and O–H groups in total. The fourth-order valence-electron chi connectivity index (χ4n) is 1.26. The van der Waals surface area contributed by atoms with Crippen LogP contribution in [0.2, 0.25) is 0 Å². The van der Waals surface area contributed by atoms with E-state index in [1.807, 2.05) is 12.1 Å². The third-order valence-corrected chi connectivity index (χ3v) is 1.96. The fourth-order valence-corrected chi connectivity index (χ4v) is 1.26. The van der Waals surface area contributed by atoms with Gasteiger partial charge in [0.05, 0.1) is 0 Å². The van der Waals surface area contributed by atoms with Gasteiger partial charge in [0.15, 0.2) is 0 Å². The van der Waals surface area contributed by atoms with Gasteiger partial charge in [0.2, 0.25) is 0 Å². The maximum Gasteiger partial charge on any atom is 0.488 e. The number of hydrogen-bond donors (Lipinski definition) is 2. The minimum absolute atomic E-state index is 0. The second-order valence-corrected chi connectivity index (χ2v) is 2.86. The van der Waals surface area contributed by atoms with E-state index in [0.29, 0.717) is 5.46 Å². The summed E-state index contributed by atoms with van der Waals surface area (Å²) in [6.45, 7) is 0. The second kappa shape index (κ2) is 4.42. The lowest BCUT2D eigenvalue weighted by Crippen LogP contribution is -2.29. The van der Waals surface area contributed by atoms with Crippen LogP contribution in [0.4, 0.5) is 0 Å². The van der Waals surface area contributed by atoms with Crippen LogP contribution in [-0.4, -0.2) is 22.2 Å². The molecule has 0 aliphatic carbocycles. The Labute approximate surface area is 88.0 Å². The van der Waals surface area contributed by atoms with Gasteiger partial charge >= 0.3 is 7.12 Å². The molecular weight excluding hydrogens is 200 g/mol. The van der Waals surface area contributed by atoms with Crippen molar-refractivity contribution in [2.75, 3.05) is 0 Å². The fraction of sp³-hybridized carbons (Fsp3) is 0. The molecule has 0 amide bonds. The first kappa shape index (κ1) is 11.0. The SMILES string of the molecule is Cl.OB(O)c1ccc2cnccc2c1. The smallest absolute Gasteiger partial charge is 0.423 e. The molecule has 0 unspecified atom stereocenters. The van der Waals surface area contributed by atoms with Crippen LogP contribution in [0.25, 0.3) is 10.8 Å². The summed E-state index contributed by atoms with van der Waals surface area (Å²) in [5.41, 5.74) is 0.499. The molecule has 0 fully saturated rings. The number of rotatable bonds is 1. The zero-order valence-corrected chi connectivity index (χ0v) is 8.11. The molecule has 0 aliphatic rings. The molecule has 3 nitrogen and oxygen atoms in total. The Bertz CT molecular complexity index is 436. The van der Waals surface area contributed by atoms with Crippen LogP contribution in [0, 0.1) is 0 Å². The standard InChI is InChI=1S/C9H8BNO2.ClH/c12-10(13)9-2-1-8-6-11-4-3-7(8)5-9;/h1-6,12-13H;1H. The van der Waals surface area contributed by atoms with Crippen LogP contribution >= 0.6 is 12.4 Å². The molecule has 0 spiro atoms. The molecule has 2 aromatic rings. The van der Waals surface area contributed by atoms with Crippen molar-refractivity contribution < 1.29 is 10.0 Å². The van der Waals surface area contributed by atoms with Gasteiger partial charge in [-0.25, -0.2) is 0 Å². The van der Waals surface area contributed by atoms with Crippen molar-refractivity contribution >= 4 is 35.8 Å². The molecule has 0 bridgehead atoms. The molecule has 2 rings (SSSR count). The third-order valence-electron chi connectivity index (χ3n) is 1.96. The summed E-state index contributed by atoms with van der Waals surface area (Å²) in [5, 5.41) is 19.8. The van der Waals surface area contributed by atoms with E-state index in [9.17, 15) is 0 Å². The zero-order valence-electron chi connectivity index (χ0n) is 7.29. The second-order valence-electron chi connectivity index (χ2n) is 2.86. The van der Waals surface area contributed by atoms with Gasteiger partial charge in [-0.3, -0.25) is 4.98 Å². The van der Waals surface area contributed by atoms with Gasteiger partial charge in [-0.1, -0.05) is 18.2 Å². The van der Waals surface area contributed by atoms with Gasteiger partial charge in [-0.15, -0.1) is 12.4 Å². The first-order valence-electron chi connectivity index (χ1n) is 3.97. The van der Waals surface area contributed by atoms with E-state index >= 15 is 0 Å². The quantitative estimate of drug-likeness (QED) is 0.666. The molecule has 1 aromatic heterocycles. The zero-order chi connectivity index (χ0) is 9.26. The Morgan fingerprint density at radius 3 is 2.57 bits per heavy atom. The molecule has 0 saturated carbocycles. The van der Waals surface area contributed by atoms with Crippen LogP contribution in [0.1, 0.15) is 0 Å². The van der Waals surface area contributed by atoms with Gasteiger partial charge < -0.3 is 10.0 Å². The molecule has 1 heterocycles. The highest BCUT2D eigenvalue weighted by Crippen LogP contribution is 2.09. The molecule has 0 saturated heterocycles. The molecule has 5 heteroatoms. The summed E-state index contributed by atoms with van der Waals surface area (Å²) >= 11 is 0. The number of benzene rings is 1. The Morgan fingerprint density at radius 2 is 1.86 bits per heavy atom. The maximum absolute atomic E-state index is 8.92. The number of nitrogens with zero attached hydrogens (tertiary/aromatic N) is 1. The van der Waals surface area contributed by atoms with E-state index in [-0.39, 0.29) is 12.4 Å². The van der Waals surface area contributed by atoms with Gasteiger partial charge in [-0.2, -0.15) is 0 Å². The first-order chi connectivity index (χ1) is 6.27. The third kappa shape index (κ3) is 2.04. The highest BCUT2D eigenvalue weighted by molar-refractivity contribution is 6.58. The van der Waals surface area contributed by atoms with Gasteiger partial charge in [0.25, 0.3) is 0 Å². The summed E-state index contributed by atoms with van der Waals surface area (Å²) < 4.78 is 0. The minimum atomic E-state index is -1.41. The van der Waals surface area contributed by atoms with E-state index in [1.54, 1.807) is 24.5 Å². The minimum Gasteiger partial charge on any atom is -0.423 e. The van der Waals surface area contributed by atoms with Crippen molar-refractivity contribution in [1.29, 1.82) is 0 Å². The number of fused-ring (bicyclic) bond motifs is 1. The monoisotopic (exact) mass is 209 g/mol. The Hall–Kier alpha value is -1.10. The van der Waals surface area contributed by atoms with Crippen molar-refractivity contribution in [1.82, 2.24) is 4.98 Å². The van der Waals surface area contributed by atoms with Crippen LogP contribution in [-0.2, 0) is 0 Å². The van der Waals surface area contributed by atoms with Crippen LogP contribution < -0.4 is 5.46 Å². The lowest BCUT2D eigenvalue weighted by molar-refractivity contribution is 0.426.